The number of hydrogen-bond acceptors (Lipinski definition) is 3. The highest BCUT2D eigenvalue weighted by atomic mass is 32.3. The first kappa shape index (κ1) is 12.8. The van der Waals surface area contributed by atoms with Crippen LogP contribution in [0.5, 0.6) is 0 Å². The third-order valence-electron chi connectivity index (χ3n) is 2.76. The van der Waals surface area contributed by atoms with Crippen molar-refractivity contribution in [2.45, 2.75) is 37.2 Å². The van der Waals surface area contributed by atoms with Crippen LogP contribution in [0.25, 0.3) is 0 Å². The van der Waals surface area contributed by atoms with Crippen LogP contribution in [0.1, 0.15) is 25.7 Å². The van der Waals surface area contributed by atoms with E-state index in [0.29, 0.717) is 0 Å². The molecule has 1 aliphatic carbocycles. The van der Waals surface area contributed by atoms with Crippen LogP contribution >= 0.6 is 0 Å². The molecule has 0 aromatic rings. The third kappa shape index (κ3) is 3.64. The average molecular weight is 246 g/mol. The van der Waals surface area contributed by atoms with Crippen molar-refractivity contribution >= 4 is 10.2 Å². The predicted octanol–water partition coefficient (Wildman–Crippen LogP) is 1.88. The molecule has 0 amide bonds. The zero-order valence-corrected chi connectivity index (χ0v) is 9.12. The summed E-state index contributed by atoms with van der Waals surface area (Å²) in [4.78, 5) is 0. The Morgan fingerprint density at radius 3 is 2.00 bits per heavy atom. The van der Waals surface area contributed by atoms with Gasteiger partial charge in [-0.3, -0.25) is 0 Å². The van der Waals surface area contributed by atoms with Gasteiger partial charge in [0, 0.05) is 20.0 Å². The van der Waals surface area contributed by atoms with Crippen molar-refractivity contribution in [1.29, 1.82) is 0 Å². The molecule has 90 valence electrons. The highest BCUT2D eigenvalue weighted by molar-refractivity contribution is 7.86. The molecule has 7 heteroatoms. The van der Waals surface area contributed by atoms with Crippen LogP contribution < -0.4 is 0 Å². The fraction of sp³-hybridized carbons (Fsp3) is 1.00. The number of alkyl halides is 2. The highest BCUT2D eigenvalue weighted by Gasteiger charge is 2.45. The van der Waals surface area contributed by atoms with Crippen LogP contribution in [0.2, 0.25) is 0 Å². The van der Waals surface area contributed by atoms with E-state index < -0.39 is 40.3 Å². The summed E-state index contributed by atoms with van der Waals surface area (Å²) in [5.74, 6) is -3.63. The van der Waals surface area contributed by atoms with Gasteiger partial charge >= 0.3 is 10.2 Å². The van der Waals surface area contributed by atoms with Gasteiger partial charge in [-0.15, -0.1) is 3.89 Å². The van der Waals surface area contributed by atoms with Crippen LogP contribution in [-0.4, -0.2) is 32.8 Å². The number of ether oxygens (including phenoxy) is 1. The Bertz CT molecular complexity index is 316. The molecule has 1 saturated carbocycles. The van der Waals surface area contributed by atoms with E-state index in [2.05, 4.69) is 0 Å². The first-order valence-electron chi connectivity index (χ1n) is 4.53. The van der Waals surface area contributed by atoms with E-state index in [4.69, 9.17) is 4.74 Å². The number of methoxy groups -OCH3 is 1. The fourth-order valence-electron chi connectivity index (χ4n) is 1.79. The molecule has 0 aromatic heterocycles. The maximum atomic E-state index is 12.8. The predicted molar refractivity (Wildman–Crippen MR) is 48.0 cm³/mol. The van der Waals surface area contributed by atoms with Gasteiger partial charge in [-0.25, -0.2) is 8.78 Å². The third-order valence-corrected chi connectivity index (χ3v) is 3.63. The quantitative estimate of drug-likeness (QED) is 0.714. The summed E-state index contributed by atoms with van der Waals surface area (Å²) in [7, 11) is -3.48. The van der Waals surface area contributed by atoms with Crippen LogP contribution in [0.15, 0.2) is 0 Å². The Hall–Kier alpha value is -0.300. The molecule has 0 bridgehead atoms. The van der Waals surface area contributed by atoms with Crippen molar-refractivity contribution in [1.82, 2.24) is 0 Å². The Morgan fingerprint density at radius 2 is 1.67 bits per heavy atom. The Labute approximate surface area is 86.8 Å². The summed E-state index contributed by atoms with van der Waals surface area (Å²) in [6, 6.07) is 0. The van der Waals surface area contributed by atoms with E-state index in [1.54, 1.807) is 0 Å². The maximum absolute atomic E-state index is 12.8. The normalized spacial score (nSPS) is 25.1. The minimum Gasteiger partial charge on any atom is -0.377 e. The van der Waals surface area contributed by atoms with E-state index in [0.717, 1.165) is 0 Å². The van der Waals surface area contributed by atoms with Gasteiger partial charge in [-0.1, -0.05) is 0 Å². The lowest BCUT2D eigenvalue weighted by molar-refractivity contribution is -0.109. The summed E-state index contributed by atoms with van der Waals surface area (Å²) in [5.41, 5.74) is -1.28. The second-order valence-corrected chi connectivity index (χ2v) is 5.29. The lowest BCUT2D eigenvalue weighted by Crippen LogP contribution is -2.44. The molecule has 3 nitrogen and oxygen atoms in total. The summed E-state index contributed by atoms with van der Waals surface area (Å²) < 4.78 is 64.0. The van der Waals surface area contributed by atoms with Crippen LogP contribution in [0.3, 0.4) is 0 Å². The second-order valence-electron chi connectivity index (χ2n) is 3.93. The lowest BCUT2D eigenvalue weighted by atomic mass is 9.84. The van der Waals surface area contributed by atoms with E-state index in [1.165, 1.54) is 7.11 Å². The Kier molecular flexibility index (Phi) is 3.35. The van der Waals surface area contributed by atoms with E-state index >= 15 is 0 Å². The molecule has 0 aromatic carbocycles. The van der Waals surface area contributed by atoms with Gasteiger partial charge in [-0.2, -0.15) is 8.42 Å². The van der Waals surface area contributed by atoms with Crippen molar-refractivity contribution in [2.24, 2.45) is 0 Å². The molecule has 0 spiro atoms. The zero-order chi connectivity index (χ0) is 11.7. The average Bonchev–Trinajstić information content (AvgIpc) is 2.07. The molecule has 15 heavy (non-hydrogen) atoms. The van der Waals surface area contributed by atoms with Crippen molar-refractivity contribution in [3.63, 3.8) is 0 Å². The fourth-order valence-corrected chi connectivity index (χ4v) is 2.83. The minimum absolute atomic E-state index is 0.139. The standard InChI is InChI=1S/C8H13F3O3S/c1-14-7(6-15(11,12)13)2-4-8(9,10)5-3-7/h2-6H2,1H3. The van der Waals surface area contributed by atoms with Gasteiger partial charge < -0.3 is 4.74 Å². The topological polar surface area (TPSA) is 43.4 Å². The first-order chi connectivity index (χ1) is 6.68. The minimum atomic E-state index is -4.70. The molecule has 1 aliphatic rings. The van der Waals surface area contributed by atoms with Crippen molar-refractivity contribution in [2.75, 3.05) is 12.9 Å². The van der Waals surface area contributed by atoms with E-state index in [1.807, 2.05) is 0 Å². The molecule has 1 fully saturated rings. The van der Waals surface area contributed by atoms with Gasteiger partial charge in [0.2, 0.25) is 5.92 Å². The lowest BCUT2D eigenvalue weighted by Gasteiger charge is -2.37. The molecule has 0 heterocycles. The Balaban J connectivity index is 2.73. The SMILES string of the molecule is COC1(CS(=O)(=O)F)CCC(F)(F)CC1. The summed E-state index contributed by atoms with van der Waals surface area (Å²) in [6.07, 6.45) is -1.20. The molecule has 0 saturated heterocycles. The summed E-state index contributed by atoms with van der Waals surface area (Å²) in [6.45, 7) is 0. The molecule has 0 unspecified atom stereocenters. The Morgan fingerprint density at radius 1 is 1.20 bits per heavy atom. The van der Waals surface area contributed by atoms with Gasteiger partial charge in [0.15, 0.2) is 0 Å². The van der Waals surface area contributed by atoms with Crippen LogP contribution in [0.4, 0.5) is 12.7 Å². The van der Waals surface area contributed by atoms with Gasteiger partial charge in [-0.05, 0) is 12.8 Å². The largest absolute Gasteiger partial charge is 0.377 e. The maximum Gasteiger partial charge on any atom is 0.305 e. The number of halogens is 3. The van der Waals surface area contributed by atoms with Gasteiger partial charge in [0.05, 0.1) is 5.60 Å². The van der Waals surface area contributed by atoms with Crippen molar-refractivity contribution < 1.29 is 25.8 Å². The molecular formula is C8H13F3O3S. The molecule has 0 radical (unpaired) electrons. The molecule has 0 N–H and O–H groups in total. The zero-order valence-electron chi connectivity index (χ0n) is 8.30. The van der Waals surface area contributed by atoms with Crippen molar-refractivity contribution in [3.05, 3.63) is 0 Å². The smallest absolute Gasteiger partial charge is 0.305 e. The highest BCUT2D eigenvalue weighted by Crippen LogP contribution is 2.40. The number of hydrogen-bond donors (Lipinski definition) is 0. The molecular weight excluding hydrogens is 233 g/mol. The van der Waals surface area contributed by atoms with Gasteiger partial charge in [0.25, 0.3) is 0 Å². The monoisotopic (exact) mass is 246 g/mol. The molecule has 0 atom stereocenters. The van der Waals surface area contributed by atoms with Crippen molar-refractivity contribution in [3.8, 4) is 0 Å². The first-order valence-corrected chi connectivity index (χ1v) is 6.09. The number of rotatable bonds is 3. The molecule has 0 aliphatic heterocycles. The van der Waals surface area contributed by atoms with E-state index in [-0.39, 0.29) is 12.8 Å². The summed E-state index contributed by atoms with van der Waals surface area (Å²) >= 11 is 0. The van der Waals surface area contributed by atoms with Crippen LogP contribution in [-0.2, 0) is 15.0 Å². The van der Waals surface area contributed by atoms with E-state index in [9.17, 15) is 21.1 Å². The van der Waals surface area contributed by atoms with Crippen LogP contribution in [0, 0.1) is 0 Å². The molecule has 1 rings (SSSR count). The second kappa shape index (κ2) is 3.93. The summed E-state index contributed by atoms with van der Waals surface area (Å²) in [5, 5.41) is 0. The van der Waals surface area contributed by atoms with Gasteiger partial charge in [0.1, 0.15) is 5.75 Å².